The van der Waals surface area contributed by atoms with Crippen molar-refractivity contribution in [2.75, 3.05) is 13.1 Å². The Hall–Kier alpha value is -1.01. The van der Waals surface area contributed by atoms with Crippen molar-refractivity contribution >= 4 is 17.4 Å². The summed E-state index contributed by atoms with van der Waals surface area (Å²) in [6.07, 6.45) is 1.48. The largest absolute Gasteiger partial charge is 0.346 e. The molecule has 5 nitrogen and oxygen atoms in total. The molecule has 0 saturated carbocycles. The van der Waals surface area contributed by atoms with Crippen LogP contribution in [0.25, 0.3) is 0 Å². The van der Waals surface area contributed by atoms with Gasteiger partial charge in [0.2, 0.25) is 0 Å². The molecule has 0 radical (unpaired) electrons. The Bertz CT molecular complexity index is 269. The highest BCUT2D eigenvalue weighted by atomic mass is 32.1. The van der Waals surface area contributed by atoms with E-state index in [2.05, 4.69) is 20.2 Å². The predicted molar refractivity (Wildman–Crippen MR) is 44.0 cm³/mol. The van der Waals surface area contributed by atoms with Crippen LogP contribution in [0.2, 0.25) is 0 Å². The van der Waals surface area contributed by atoms with Crippen LogP contribution in [0, 0.1) is 0 Å². The van der Waals surface area contributed by atoms with Crippen LogP contribution in [0.1, 0.15) is 9.67 Å². The van der Waals surface area contributed by atoms with Crippen molar-refractivity contribution in [3.8, 4) is 0 Å². The van der Waals surface area contributed by atoms with E-state index < -0.39 is 0 Å². The second-order valence-corrected chi connectivity index (χ2v) is 3.40. The first-order valence-corrected chi connectivity index (χ1v) is 4.42. The summed E-state index contributed by atoms with van der Waals surface area (Å²) in [5.41, 5.74) is 0. The Labute approximate surface area is 73.3 Å². The number of rotatable bonds is 2. The maximum atomic E-state index is 11.3. The molecule has 0 aromatic carbocycles. The number of hydrogen-bond acceptors (Lipinski definition) is 5. The minimum absolute atomic E-state index is 0.0727. The van der Waals surface area contributed by atoms with Gasteiger partial charge in [0, 0.05) is 13.1 Å². The van der Waals surface area contributed by atoms with Crippen LogP contribution in [0.4, 0.5) is 0 Å². The summed E-state index contributed by atoms with van der Waals surface area (Å²) in [6, 6.07) is 0.277. The van der Waals surface area contributed by atoms with E-state index in [0.717, 1.165) is 24.6 Å². The number of hydrogen-bond donors (Lipinski definition) is 2. The second-order valence-electron chi connectivity index (χ2n) is 2.61. The molecule has 12 heavy (non-hydrogen) atoms. The van der Waals surface area contributed by atoms with Gasteiger partial charge >= 0.3 is 0 Å². The van der Waals surface area contributed by atoms with Crippen LogP contribution < -0.4 is 10.6 Å². The lowest BCUT2D eigenvalue weighted by Crippen LogP contribution is -2.56. The quantitative estimate of drug-likeness (QED) is 0.634. The molecular weight excluding hydrogens is 176 g/mol. The average Bonchev–Trinajstić information content (AvgIpc) is 2.47. The molecule has 64 valence electrons. The topological polar surface area (TPSA) is 66.9 Å². The van der Waals surface area contributed by atoms with Crippen molar-refractivity contribution in [3.05, 3.63) is 11.1 Å². The van der Waals surface area contributed by atoms with E-state index in [4.69, 9.17) is 0 Å². The van der Waals surface area contributed by atoms with Crippen LogP contribution in [0.3, 0.4) is 0 Å². The lowest BCUT2D eigenvalue weighted by atomic mass is 10.2. The molecule has 0 spiro atoms. The Morgan fingerprint density at radius 2 is 2.58 bits per heavy atom. The molecule has 0 unspecified atom stereocenters. The fraction of sp³-hybridized carbons (Fsp3) is 0.500. The number of aromatic nitrogens is 2. The summed E-state index contributed by atoms with van der Waals surface area (Å²) in [5.74, 6) is -0.0727. The van der Waals surface area contributed by atoms with Gasteiger partial charge in [0.1, 0.15) is 4.88 Å². The molecule has 2 rings (SSSR count). The van der Waals surface area contributed by atoms with Crippen molar-refractivity contribution in [3.63, 3.8) is 0 Å². The summed E-state index contributed by atoms with van der Waals surface area (Å²) < 4.78 is 3.61. The summed E-state index contributed by atoms with van der Waals surface area (Å²) in [5, 5.41) is 9.50. The van der Waals surface area contributed by atoms with Gasteiger partial charge < -0.3 is 10.6 Å². The van der Waals surface area contributed by atoms with E-state index in [1.54, 1.807) is 0 Å². The molecule has 1 saturated heterocycles. The Morgan fingerprint density at radius 3 is 3.08 bits per heavy atom. The van der Waals surface area contributed by atoms with Gasteiger partial charge in [0.25, 0.3) is 5.91 Å². The zero-order chi connectivity index (χ0) is 8.39. The number of nitrogens with zero attached hydrogens (tertiary/aromatic N) is 2. The number of carbonyl (C=O) groups is 1. The van der Waals surface area contributed by atoms with Gasteiger partial charge in [0.05, 0.1) is 12.2 Å². The standard InChI is InChI=1S/C6H8N4OS/c11-6(5-3-8-10-12-5)9-4-1-7-2-4/h3-4,7H,1-2H2,(H,9,11). The molecule has 0 aliphatic carbocycles. The van der Waals surface area contributed by atoms with E-state index >= 15 is 0 Å². The normalized spacial score (nSPS) is 17.0. The van der Waals surface area contributed by atoms with Crippen molar-refractivity contribution in [2.45, 2.75) is 6.04 Å². The zero-order valence-electron chi connectivity index (χ0n) is 6.28. The smallest absolute Gasteiger partial charge is 0.264 e. The predicted octanol–water partition coefficient (Wildman–Crippen LogP) is -0.760. The van der Waals surface area contributed by atoms with E-state index in [0.29, 0.717) is 4.88 Å². The molecule has 1 aromatic rings. The van der Waals surface area contributed by atoms with Crippen molar-refractivity contribution in [1.82, 2.24) is 20.2 Å². The van der Waals surface area contributed by atoms with Gasteiger partial charge in [-0.1, -0.05) is 4.49 Å². The van der Waals surface area contributed by atoms with Gasteiger partial charge in [-0.3, -0.25) is 4.79 Å². The fourth-order valence-electron chi connectivity index (χ4n) is 0.914. The van der Waals surface area contributed by atoms with E-state index in [9.17, 15) is 4.79 Å². The van der Waals surface area contributed by atoms with E-state index in [-0.39, 0.29) is 11.9 Å². The average molecular weight is 184 g/mol. The molecule has 1 aliphatic heterocycles. The van der Waals surface area contributed by atoms with Gasteiger partial charge in [-0.2, -0.15) is 0 Å². The lowest BCUT2D eigenvalue weighted by molar-refractivity contribution is 0.0928. The molecule has 0 atom stereocenters. The Balaban J connectivity index is 1.92. The van der Waals surface area contributed by atoms with Gasteiger partial charge in [-0.05, 0) is 11.5 Å². The highest BCUT2D eigenvalue weighted by Crippen LogP contribution is 2.02. The summed E-state index contributed by atoms with van der Waals surface area (Å²) in [4.78, 5) is 11.9. The SMILES string of the molecule is O=C(NC1CNC1)c1cnns1. The number of carbonyl (C=O) groups excluding carboxylic acids is 1. The molecule has 2 heterocycles. The first-order chi connectivity index (χ1) is 5.86. The van der Waals surface area contributed by atoms with Crippen LogP contribution in [-0.2, 0) is 0 Å². The number of amides is 1. The minimum atomic E-state index is -0.0727. The van der Waals surface area contributed by atoms with Crippen molar-refractivity contribution < 1.29 is 4.79 Å². The third-order valence-electron chi connectivity index (χ3n) is 1.70. The molecular formula is C6H8N4OS. The summed E-state index contributed by atoms with van der Waals surface area (Å²) >= 11 is 1.11. The van der Waals surface area contributed by atoms with Crippen molar-refractivity contribution in [1.29, 1.82) is 0 Å². The first-order valence-electron chi connectivity index (χ1n) is 3.65. The van der Waals surface area contributed by atoms with Gasteiger partial charge in [-0.25, -0.2) is 0 Å². The molecule has 6 heteroatoms. The monoisotopic (exact) mass is 184 g/mol. The molecule has 0 bridgehead atoms. The molecule has 1 aliphatic rings. The fourth-order valence-corrected chi connectivity index (χ4v) is 1.33. The summed E-state index contributed by atoms with van der Waals surface area (Å²) in [7, 11) is 0. The maximum Gasteiger partial charge on any atom is 0.264 e. The highest BCUT2D eigenvalue weighted by Gasteiger charge is 2.20. The van der Waals surface area contributed by atoms with Crippen LogP contribution in [-0.4, -0.2) is 34.6 Å². The minimum Gasteiger partial charge on any atom is -0.346 e. The van der Waals surface area contributed by atoms with Crippen LogP contribution in [0.15, 0.2) is 6.20 Å². The highest BCUT2D eigenvalue weighted by molar-refractivity contribution is 7.07. The Kier molecular flexibility index (Phi) is 2.01. The Morgan fingerprint density at radius 1 is 1.75 bits per heavy atom. The zero-order valence-corrected chi connectivity index (χ0v) is 7.10. The van der Waals surface area contributed by atoms with Crippen LogP contribution >= 0.6 is 11.5 Å². The molecule has 1 fully saturated rings. The molecule has 1 amide bonds. The van der Waals surface area contributed by atoms with E-state index in [1.807, 2.05) is 0 Å². The van der Waals surface area contributed by atoms with Crippen LogP contribution in [0.5, 0.6) is 0 Å². The van der Waals surface area contributed by atoms with Gasteiger partial charge in [0.15, 0.2) is 0 Å². The number of nitrogens with one attached hydrogen (secondary N) is 2. The van der Waals surface area contributed by atoms with E-state index in [1.165, 1.54) is 6.20 Å². The lowest BCUT2D eigenvalue weighted by Gasteiger charge is -2.27. The first kappa shape index (κ1) is 7.63. The van der Waals surface area contributed by atoms with Gasteiger partial charge in [-0.15, -0.1) is 5.10 Å². The third kappa shape index (κ3) is 1.44. The third-order valence-corrected chi connectivity index (χ3v) is 2.37. The molecule has 2 N–H and O–H groups in total. The van der Waals surface area contributed by atoms with Crippen molar-refractivity contribution in [2.24, 2.45) is 0 Å². The second kappa shape index (κ2) is 3.16. The maximum absolute atomic E-state index is 11.3. The molecule has 1 aromatic heterocycles. The summed E-state index contributed by atoms with van der Waals surface area (Å²) in [6.45, 7) is 1.72.